The van der Waals surface area contributed by atoms with E-state index in [-0.39, 0.29) is 10.3 Å². The van der Waals surface area contributed by atoms with Gasteiger partial charge in [0.1, 0.15) is 5.65 Å². The number of nitrogens with zero attached hydrogens (tertiary/aromatic N) is 2. The van der Waals surface area contributed by atoms with E-state index in [1.54, 1.807) is 6.07 Å². The van der Waals surface area contributed by atoms with E-state index in [1.807, 2.05) is 0 Å². The second kappa shape index (κ2) is 3.13. The number of halogens is 4. The highest BCUT2D eigenvalue weighted by atomic mass is 79.9. The third-order valence-electron chi connectivity index (χ3n) is 1.89. The van der Waals surface area contributed by atoms with Crippen molar-refractivity contribution < 1.29 is 13.2 Å². The minimum absolute atomic E-state index is 0.161. The molecule has 0 saturated heterocycles. The Labute approximate surface area is 90.8 Å². The van der Waals surface area contributed by atoms with Crippen molar-refractivity contribution in [1.82, 2.24) is 9.38 Å². The minimum Gasteiger partial charge on any atom is -0.382 e. The summed E-state index contributed by atoms with van der Waals surface area (Å²) in [4.78, 5) is 3.63. The summed E-state index contributed by atoms with van der Waals surface area (Å²) in [5, 5.41) is 0. The highest BCUT2D eigenvalue weighted by Gasteiger charge is 2.38. The maximum Gasteiger partial charge on any atom is 0.435 e. The van der Waals surface area contributed by atoms with Crippen LogP contribution in [0.1, 0.15) is 5.69 Å². The van der Waals surface area contributed by atoms with Crippen LogP contribution in [0.3, 0.4) is 0 Å². The van der Waals surface area contributed by atoms with Gasteiger partial charge >= 0.3 is 6.18 Å². The van der Waals surface area contributed by atoms with Crippen molar-refractivity contribution in [3.63, 3.8) is 0 Å². The second-order valence-electron chi connectivity index (χ2n) is 2.89. The molecular weight excluding hydrogens is 275 g/mol. The second-order valence-corrected chi connectivity index (χ2v) is 3.70. The van der Waals surface area contributed by atoms with Crippen molar-refractivity contribution in [2.75, 3.05) is 5.73 Å². The van der Waals surface area contributed by atoms with E-state index in [2.05, 4.69) is 20.9 Å². The Hall–Kier alpha value is -1.24. The predicted octanol–water partition coefficient (Wildman–Crippen LogP) is 2.70. The number of imidazole rings is 1. The van der Waals surface area contributed by atoms with Gasteiger partial charge in [-0.1, -0.05) is 6.07 Å². The Morgan fingerprint density at radius 3 is 2.60 bits per heavy atom. The van der Waals surface area contributed by atoms with Crippen molar-refractivity contribution in [2.45, 2.75) is 6.18 Å². The maximum atomic E-state index is 12.6. The van der Waals surface area contributed by atoms with Gasteiger partial charge in [0.25, 0.3) is 0 Å². The Morgan fingerprint density at radius 1 is 1.33 bits per heavy atom. The number of rotatable bonds is 0. The van der Waals surface area contributed by atoms with Gasteiger partial charge in [0.2, 0.25) is 0 Å². The molecule has 0 aliphatic carbocycles. The zero-order valence-electron chi connectivity index (χ0n) is 7.22. The van der Waals surface area contributed by atoms with E-state index in [0.717, 1.165) is 4.40 Å². The van der Waals surface area contributed by atoms with Crippen LogP contribution >= 0.6 is 15.9 Å². The molecule has 0 spiro atoms. The van der Waals surface area contributed by atoms with Gasteiger partial charge in [0, 0.05) is 0 Å². The van der Waals surface area contributed by atoms with Crippen LogP contribution in [-0.4, -0.2) is 9.38 Å². The molecule has 7 heteroatoms. The van der Waals surface area contributed by atoms with Crippen molar-refractivity contribution in [3.8, 4) is 0 Å². The molecule has 0 radical (unpaired) electrons. The number of hydrogen-bond acceptors (Lipinski definition) is 2. The molecule has 2 N–H and O–H groups in total. The Morgan fingerprint density at radius 2 is 2.00 bits per heavy atom. The van der Waals surface area contributed by atoms with Crippen LogP contribution in [0.15, 0.2) is 22.8 Å². The summed E-state index contributed by atoms with van der Waals surface area (Å²) in [6, 6.07) is 4.53. The van der Waals surface area contributed by atoms with E-state index in [9.17, 15) is 13.2 Å². The summed E-state index contributed by atoms with van der Waals surface area (Å²) < 4.78 is 39.1. The maximum absolute atomic E-state index is 12.6. The van der Waals surface area contributed by atoms with Crippen LogP contribution in [0.4, 0.5) is 19.0 Å². The topological polar surface area (TPSA) is 43.3 Å². The zero-order valence-corrected chi connectivity index (χ0v) is 8.80. The van der Waals surface area contributed by atoms with Gasteiger partial charge in [-0.05, 0) is 28.1 Å². The fourth-order valence-electron chi connectivity index (χ4n) is 1.34. The molecule has 0 aromatic carbocycles. The van der Waals surface area contributed by atoms with E-state index in [0.29, 0.717) is 0 Å². The quantitative estimate of drug-likeness (QED) is 0.754. The zero-order chi connectivity index (χ0) is 11.2. The van der Waals surface area contributed by atoms with Crippen LogP contribution in [0.5, 0.6) is 0 Å². The monoisotopic (exact) mass is 279 g/mol. The fourth-order valence-corrected chi connectivity index (χ4v) is 1.86. The molecule has 15 heavy (non-hydrogen) atoms. The third-order valence-corrected chi connectivity index (χ3v) is 2.51. The number of aromatic nitrogens is 2. The third kappa shape index (κ3) is 1.56. The number of hydrogen-bond donors (Lipinski definition) is 1. The van der Waals surface area contributed by atoms with E-state index in [4.69, 9.17) is 5.73 Å². The number of anilines is 1. The molecule has 2 aromatic rings. The predicted molar refractivity (Wildman–Crippen MR) is 52.3 cm³/mol. The van der Waals surface area contributed by atoms with E-state index >= 15 is 0 Å². The molecule has 0 unspecified atom stereocenters. The number of nitrogens with two attached hydrogens (primary N) is 1. The van der Waals surface area contributed by atoms with Gasteiger partial charge in [0.05, 0.1) is 4.60 Å². The average molecular weight is 280 g/mol. The van der Waals surface area contributed by atoms with Crippen LogP contribution in [-0.2, 0) is 6.18 Å². The highest BCUT2D eigenvalue weighted by Crippen LogP contribution is 2.35. The average Bonchev–Trinajstić information content (AvgIpc) is 2.41. The number of fused-ring (bicyclic) bond motifs is 1. The molecule has 0 saturated carbocycles. The smallest absolute Gasteiger partial charge is 0.382 e. The first-order valence-corrected chi connectivity index (χ1v) is 4.70. The molecule has 2 rings (SSSR count). The molecular formula is C8H5BrF3N3. The first kappa shape index (κ1) is 10.3. The lowest BCUT2D eigenvalue weighted by Gasteiger charge is -2.07. The Bertz CT molecular complexity index is 518. The summed E-state index contributed by atoms with van der Waals surface area (Å²) in [6.45, 7) is 0. The summed E-state index contributed by atoms with van der Waals surface area (Å²) in [5.41, 5.74) is 4.44. The molecule has 0 aliphatic rings. The Balaban J connectivity index is 2.89. The summed E-state index contributed by atoms with van der Waals surface area (Å²) in [7, 11) is 0. The molecule has 0 bridgehead atoms. The lowest BCUT2D eigenvalue weighted by Crippen LogP contribution is -2.12. The SMILES string of the molecule is Nc1nc2cccc(Br)n2c1C(F)(F)F. The summed E-state index contributed by atoms with van der Waals surface area (Å²) >= 11 is 3.02. The first-order valence-electron chi connectivity index (χ1n) is 3.91. The molecule has 80 valence electrons. The van der Waals surface area contributed by atoms with Crippen molar-refractivity contribution in [1.29, 1.82) is 0 Å². The van der Waals surface area contributed by atoms with Crippen molar-refractivity contribution in [2.24, 2.45) is 0 Å². The lowest BCUT2D eigenvalue weighted by atomic mass is 10.4. The molecule has 0 aliphatic heterocycles. The minimum atomic E-state index is -4.52. The van der Waals surface area contributed by atoms with Gasteiger partial charge in [-0.15, -0.1) is 0 Å². The normalized spacial score (nSPS) is 12.3. The van der Waals surface area contributed by atoms with Crippen LogP contribution in [0.25, 0.3) is 5.65 Å². The number of alkyl halides is 3. The van der Waals surface area contributed by atoms with E-state index < -0.39 is 17.7 Å². The number of pyridine rings is 1. The van der Waals surface area contributed by atoms with Gasteiger partial charge < -0.3 is 5.73 Å². The summed E-state index contributed by atoms with van der Waals surface area (Å²) in [5.74, 6) is -0.519. The van der Waals surface area contributed by atoms with Crippen LogP contribution < -0.4 is 5.73 Å². The standard InChI is InChI=1S/C8H5BrF3N3/c9-4-2-1-3-5-14-7(13)6(15(4)5)8(10,11)12/h1-3H,13H2. The van der Waals surface area contributed by atoms with Crippen molar-refractivity contribution >= 4 is 27.4 Å². The molecule has 2 aromatic heterocycles. The highest BCUT2D eigenvalue weighted by molar-refractivity contribution is 9.10. The van der Waals surface area contributed by atoms with Crippen LogP contribution in [0.2, 0.25) is 0 Å². The van der Waals surface area contributed by atoms with Gasteiger partial charge in [-0.25, -0.2) is 4.98 Å². The van der Waals surface area contributed by atoms with E-state index in [1.165, 1.54) is 12.1 Å². The Kier molecular flexibility index (Phi) is 2.14. The molecule has 3 nitrogen and oxygen atoms in total. The lowest BCUT2D eigenvalue weighted by molar-refractivity contribution is -0.141. The summed E-state index contributed by atoms with van der Waals surface area (Å²) in [6.07, 6.45) is -4.52. The largest absolute Gasteiger partial charge is 0.435 e. The number of nitrogen functional groups attached to an aromatic ring is 1. The molecule has 0 atom stereocenters. The van der Waals surface area contributed by atoms with Gasteiger partial charge in [-0.3, -0.25) is 4.40 Å². The van der Waals surface area contributed by atoms with Crippen molar-refractivity contribution in [3.05, 3.63) is 28.5 Å². The van der Waals surface area contributed by atoms with Gasteiger partial charge in [-0.2, -0.15) is 13.2 Å². The van der Waals surface area contributed by atoms with Crippen LogP contribution in [0, 0.1) is 0 Å². The fraction of sp³-hybridized carbons (Fsp3) is 0.125. The van der Waals surface area contributed by atoms with Gasteiger partial charge in [0.15, 0.2) is 11.5 Å². The first-order chi connectivity index (χ1) is 6.91. The molecule has 0 fully saturated rings. The molecule has 0 amide bonds. The molecule has 2 heterocycles.